The highest BCUT2D eigenvalue weighted by Crippen LogP contribution is 2.30. The molecule has 0 fully saturated rings. The summed E-state index contributed by atoms with van der Waals surface area (Å²) in [4.78, 5) is 0. The summed E-state index contributed by atoms with van der Waals surface area (Å²) in [5, 5.41) is 9.08. The summed E-state index contributed by atoms with van der Waals surface area (Å²) >= 11 is 12.4. The molecule has 1 N–H and O–H groups in total. The van der Waals surface area contributed by atoms with Crippen LogP contribution >= 0.6 is 23.2 Å². The SMILES string of the molecule is CCc1nn(C)cc1C(Cc1cccc(Cl)c1Cl)NC. The number of likely N-dealkylation sites (N-methyl/N-ethyl adjacent to an activating group) is 1. The second-order valence-corrected chi connectivity index (χ2v) is 5.60. The summed E-state index contributed by atoms with van der Waals surface area (Å²) in [5.74, 6) is 0. The molecule has 1 aromatic heterocycles. The number of nitrogens with zero attached hydrogens (tertiary/aromatic N) is 2. The average molecular weight is 312 g/mol. The number of aryl methyl sites for hydroxylation is 2. The monoisotopic (exact) mass is 311 g/mol. The first-order valence-electron chi connectivity index (χ1n) is 6.69. The predicted octanol–water partition coefficient (Wildman–Crippen LogP) is 3.79. The van der Waals surface area contributed by atoms with Crippen LogP contribution in [0.2, 0.25) is 10.0 Å². The van der Waals surface area contributed by atoms with E-state index in [4.69, 9.17) is 23.2 Å². The highest BCUT2D eigenvalue weighted by molar-refractivity contribution is 6.42. The van der Waals surface area contributed by atoms with Crippen LogP contribution in [-0.4, -0.2) is 16.8 Å². The number of hydrogen-bond donors (Lipinski definition) is 1. The van der Waals surface area contributed by atoms with E-state index < -0.39 is 0 Å². The van der Waals surface area contributed by atoms with E-state index in [1.807, 2.05) is 37.0 Å². The molecule has 108 valence electrons. The average Bonchev–Trinajstić information content (AvgIpc) is 2.81. The number of hydrogen-bond acceptors (Lipinski definition) is 2. The first kappa shape index (κ1) is 15.4. The van der Waals surface area contributed by atoms with E-state index in [-0.39, 0.29) is 6.04 Å². The van der Waals surface area contributed by atoms with Crippen molar-refractivity contribution >= 4 is 23.2 Å². The summed E-state index contributed by atoms with van der Waals surface area (Å²) in [6.45, 7) is 2.12. The molecule has 2 aromatic rings. The third-order valence-electron chi connectivity index (χ3n) is 3.45. The highest BCUT2D eigenvalue weighted by Gasteiger charge is 2.18. The molecule has 2 rings (SSSR count). The summed E-state index contributed by atoms with van der Waals surface area (Å²) in [6.07, 6.45) is 3.77. The van der Waals surface area contributed by atoms with E-state index in [9.17, 15) is 0 Å². The van der Waals surface area contributed by atoms with Gasteiger partial charge in [0.2, 0.25) is 0 Å². The molecule has 3 nitrogen and oxygen atoms in total. The Balaban J connectivity index is 2.31. The van der Waals surface area contributed by atoms with Crippen molar-refractivity contribution in [3.05, 3.63) is 51.3 Å². The van der Waals surface area contributed by atoms with Gasteiger partial charge in [0.25, 0.3) is 0 Å². The summed E-state index contributed by atoms with van der Waals surface area (Å²) in [5.41, 5.74) is 3.38. The van der Waals surface area contributed by atoms with Crippen LogP contribution < -0.4 is 5.32 Å². The molecule has 0 amide bonds. The van der Waals surface area contributed by atoms with Gasteiger partial charge in [-0.25, -0.2) is 0 Å². The first-order chi connectivity index (χ1) is 9.56. The van der Waals surface area contributed by atoms with Crippen LogP contribution in [0, 0.1) is 0 Å². The predicted molar refractivity (Wildman–Crippen MR) is 84.6 cm³/mol. The molecule has 1 atom stereocenters. The van der Waals surface area contributed by atoms with E-state index in [0.717, 1.165) is 24.1 Å². The van der Waals surface area contributed by atoms with Gasteiger partial charge in [0.1, 0.15) is 0 Å². The van der Waals surface area contributed by atoms with Crippen LogP contribution in [-0.2, 0) is 19.9 Å². The van der Waals surface area contributed by atoms with Gasteiger partial charge in [-0.1, -0.05) is 42.3 Å². The van der Waals surface area contributed by atoms with Crippen molar-refractivity contribution in [2.24, 2.45) is 7.05 Å². The molecular formula is C15H19Cl2N3. The number of rotatable bonds is 5. The third kappa shape index (κ3) is 3.17. The second kappa shape index (κ2) is 6.61. The van der Waals surface area contributed by atoms with E-state index in [2.05, 4.69) is 23.5 Å². The van der Waals surface area contributed by atoms with Crippen molar-refractivity contribution in [1.29, 1.82) is 0 Å². The zero-order valence-corrected chi connectivity index (χ0v) is 13.5. The quantitative estimate of drug-likeness (QED) is 0.910. The molecular weight excluding hydrogens is 293 g/mol. The Morgan fingerprint density at radius 2 is 2.10 bits per heavy atom. The van der Waals surface area contributed by atoms with Crippen LogP contribution in [0.3, 0.4) is 0 Å². The lowest BCUT2D eigenvalue weighted by molar-refractivity contribution is 0.586. The standard InChI is InChI=1S/C15H19Cl2N3/c1-4-13-11(9-20(3)19-13)14(18-2)8-10-6-5-7-12(16)15(10)17/h5-7,9,14,18H,4,8H2,1-3H3. The van der Waals surface area contributed by atoms with Gasteiger partial charge in [0.15, 0.2) is 0 Å². The second-order valence-electron chi connectivity index (χ2n) is 4.82. The lowest BCUT2D eigenvalue weighted by Crippen LogP contribution is -2.19. The maximum Gasteiger partial charge on any atom is 0.0669 e. The van der Waals surface area contributed by atoms with Gasteiger partial charge in [0, 0.05) is 24.8 Å². The molecule has 0 spiro atoms. The Hall–Kier alpha value is -1.03. The van der Waals surface area contributed by atoms with Crippen molar-refractivity contribution < 1.29 is 0 Å². The molecule has 1 aromatic carbocycles. The first-order valence-corrected chi connectivity index (χ1v) is 7.45. The minimum atomic E-state index is 0.176. The topological polar surface area (TPSA) is 29.9 Å². The molecule has 1 unspecified atom stereocenters. The minimum absolute atomic E-state index is 0.176. The van der Waals surface area contributed by atoms with E-state index in [1.165, 1.54) is 5.56 Å². The van der Waals surface area contributed by atoms with E-state index in [1.54, 1.807) is 0 Å². The van der Waals surface area contributed by atoms with Crippen molar-refractivity contribution in [3.8, 4) is 0 Å². The van der Waals surface area contributed by atoms with Crippen molar-refractivity contribution in [3.63, 3.8) is 0 Å². The van der Waals surface area contributed by atoms with Crippen LogP contribution in [0.25, 0.3) is 0 Å². The van der Waals surface area contributed by atoms with Gasteiger partial charge in [-0.2, -0.15) is 5.10 Å². The van der Waals surface area contributed by atoms with Gasteiger partial charge in [0.05, 0.1) is 15.7 Å². The van der Waals surface area contributed by atoms with E-state index in [0.29, 0.717) is 10.0 Å². The van der Waals surface area contributed by atoms with Crippen LogP contribution in [0.1, 0.15) is 29.8 Å². The smallest absolute Gasteiger partial charge is 0.0669 e. The number of aromatic nitrogens is 2. The fraction of sp³-hybridized carbons (Fsp3) is 0.400. The van der Waals surface area contributed by atoms with Gasteiger partial charge in [-0.15, -0.1) is 0 Å². The highest BCUT2D eigenvalue weighted by atomic mass is 35.5. The molecule has 1 heterocycles. The zero-order chi connectivity index (χ0) is 14.7. The zero-order valence-electron chi connectivity index (χ0n) is 12.0. The van der Waals surface area contributed by atoms with Gasteiger partial charge in [-0.05, 0) is 31.5 Å². The molecule has 0 aliphatic carbocycles. The van der Waals surface area contributed by atoms with Crippen LogP contribution in [0.15, 0.2) is 24.4 Å². The fourth-order valence-electron chi connectivity index (χ4n) is 2.41. The normalized spacial score (nSPS) is 12.7. The van der Waals surface area contributed by atoms with Crippen molar-refractivity contribution in [1.82, 2.24) is 15.1 Å². The molecule has 0 radical (unpaired) electrons. The Bertz CT molecular complexity index is 593. The lowest BCUT2D eigenvalue weighted by Gasteiger charge is -2.17. The summed E-state index contributed by atoms with van der Waals surface area (Å²) in [7, 11) is 3.90. The molecule has 0 aliphatic rings. The fourth-order valence-corrected chi connectivity index (χ4v) is 2.81. The number of nitrogens with one attached hydrogen (secondary N) is 1. The third-order valence-corrected chi connectivity index (χ3v) is 4.31. The van der Waals surface area contributed by atoms with Gasteiger partial charge < -0.3 is 5.32 Å². The van der Waals surface area contributed by atoms with Crippen molar-refractivity contribution in [2.75, 3.05) is 7.05 Å². The molecule has 0 saturated carbocycles. The maximum atomic E-state index is 6.28. The Morgan fingerprint density at radius 1 is 1.35 bits per heavy atom. The number of benzene rings is 1. The van der Waals surface area contributed by atoms with Gasteiger partial charge >= 0.3 is 0 Å². The van der Waals surface area contributed by atoms with Gasteiger partial charge in [-0.3, -0.25) is 4.68 Å². The van der Waals surface area contributed by atoms with Crippen LogP contribution in [0.5, 0.6) is 0 Å². The largest absolute Gasteiger partial charge is 0.313 e. The molecule has 0 saturated heterocycles. The molecule has 0 bridgehead atoms. The van der Waals surface area contributed by atoms with Crippen molar-refractivity contribution in [2.45, 2.75) is 25.8 Å². The van der Waals surface area contributed by atoms with Crippen LogP contribution in [0.4, 0.5) is 0 Å². The maximum absolute atomic E-state index is 6.28. The molecule has 0 aliphatic heterocycles. The molecule has 5 heteroatoms. The van der Waals surface area contributed by atoms with E-state index >= 15 is 0 Å². The summed E-state index contributed by atoms with van der Waals surface area (Å²) in [6, 6.07) is 5.93. The lowest BCUT2D eigenvalue weighted by atomic mass is 9.98. The summed E-state index contributed by atoms with van der Waals surface area (Å²) < 4.78 is 1.86. The molecule has 20 heavy (non-hydrogen) atoms. The Morgan fingerprint density at radius 3 is 2.75 bits per heavy atom. The Labute approximate surface area is 129 Å². The number of halogens is 2. The minimum Gasteiger partial charge on any atom is -0.313 e. The Kier molecular flexibility index (Phi) is 5.08.